The molecule has 0 fully saturated rings. The zero-order chi connectivity index (χ0) is 11.4. The molecule has 0 aromatic carbocycles. The maximum atomic E-state index is 5.16. The monoisotopic (exact) mass is 217 g/mol. The van der Waals surface area contributed by atoms with Crippen LogP contribution in [0.15, 0.2) is 21.3 Å². The highest BCUT2D eigenvalue weighted by Gasteiger charge is 2.11. The first-order chi connectivity index (χ1) is 7.81. The van der Waals surface area contributed by atoms with Crippen molar-refractivity contribution in [2.24, 2.45) is 0 Å². The minimum atomic E-state index is 0.466. The largest absolute Gasteiger partial charge is 0.469 e. The second-order valence-electron chi connectivity index (χ2n) is 3.21. The molecule has 2 heterocycles. The van der Waals surface area contributed by atoms with Crippen molar-refractivity contribution in [2.45, 2.75) is 13.5 Å². The van der Waals surface area contributed by atoms with Gasteiger partial charge < -0.3 is 8.94 Å². The summed E-state index contributed by atoms with van der Waals surface area (Å²) in [7, 11) is 0. The van der Waals surface area contributed by atoms with E-state index in [-0.39, 0.29) is 0 Å². The van der Waals surface area contributed by atoms with Crippen molar-refractivity contribution in [3.8, 4) is 23.7 Å². The van der Waals surface area contributed by atoms with E-state index in [1.807, 2.05) is 6.92 Å². The fraction of sp³-hybridized carbons (Fsp3) is 0.273. The Bertz CT molecular complexity index is 507. The molecule has 5 nitrogen and oxygen atoms in total. The van der Waals surface area contributed by atoms with Gasteiger partial charge in [0.25, 0.3) is 0 Å². The van der Waals surface area contributed by atoms with Crippen molar-refractivity contribution in [1.29, 1.82) is 0 Å². The molecule has 0 aliphatic heterocycles. The van der Waals surface area contributed by atoms with Crippen LogP contribution in [0.4, 0.5) is 0 Å². The van der Waals surface area contributed by atoms with E-state index < -0.39 is 0 Å². The van der Waals surface area contributed by atoms with E-state index in [0.29, 0.717) is 24.8 Å². The van der Waals surface area contributed by atoms with Gasteiger partial charge in [-0.1, -0.05) is 11.1 Å². The summed E-state index contributed by atoms with van der Waals surface area (Å²) in [6.07, 6.45) is 6.70. The van der Waals surface area contributed by atoms with E-state index in [1.165, 1.54) is 0 Å². The summed E-state index contributed by atoms with van der Waals surface area (Å²) in [6.45, 7) is 2.79. The van der Waals surface area contributed by atoms with E-state index >= 15 is 0 Å². The smallest absolute Gasteiger partial charge is 0.240 e. The zero-order valence-electron chi connectivity index (χ0n) is 8.86. The highest BCUT2D eigenvalue weighted by atomic mass is 16.5. The molecule has 0 amide bonds. The highest BCUT2D eigenvalue weighted by Crippen LogP contribution is 2.20. The lowest BCUT2D eigenvalue weighted by Gasteiger charge is -1.92. The van der Waals surface area contributed by atoms with Gasteiger partial charge in [-0.25, -0.2) is 0 Å². The summed E-state index contributed by atoms with van der Waals surface area (Å²) in [6, 6.07) is 1.80. The summed E-state index contributed by atoms with van der Waals surface area (Å²) in [5.74, 6) is 4.27. The predicted octanol–water partition coefficient (Wildman–Crippen LogP) is 1.36. The number of terminal acetylenes is 1. The molecule has 0 atom stereocenters. The lowest BCUT2D eigenvalue weighted by Crippen LogP contribution is -2.13. The second kappa shape index (κ2) is 4.64. The number of nitrogens with one attached hydrogen (secondary N) is 1. The molecular formula is C11H11N3O2. The van der Waals surface area contributed by atoms with Crippen LogP contribution in [0.3, 0.4) is 0 Å². The normalized spacial score (nSPS) is 10.2. The summed E-state index contributed by atoms with van der Waals surface area (Å²) in [5, 5.41) is 6.83. The Labute approximate surface area is 92.8 Å². The van der Waals surface area contributed by atoms with Crippen LogP contribution in [0.25, 0.3) is 11.4 Å². The fourth-order valence-corrected chi connectivity index (χ4v) is 1.29. The lowest BCUT2D eigenvalue weighted by molar-refractivity contribution is 0.370. The maximum Gasteiger partial charge on any atom is 0.240 e. The molecule has 82 valence electrons. The second-order valence-corrected chi connectivity index (χ2v) is 3.21. The molecule has 0 aliphatic carbocycles. The van der Waals surface area contributed by atoms with Crippen LogP contribution < -0.4 is 5.32 Å². The van der Waals surface area contributed by atoms with Gasteiger partial charge in [0.15, 0.2) is 0 Å². The van der Waals surface area contributed by atoms with Crippen LogP contribution in [0.1, 0.15) is 11.7 Å². The molecule has 0 aliphatic rings. The number of aromatic nitrogens is 2. The minimum absolute atomic E-state index is 0.466. The van der Waals surface area contributed by atoms with Crippen molar-refractivity contribution in [3.05, 3.63) is 24.0 Å². The molecule has 2 rings (SSSR count). The maximum absolute atomic E-state index is 5.16. The Morgan fingerprint density at radius 3 is 3.12 bits per heavy atom. The van der Waals surface area contributed by atoms with Gasteiger partial charge in [-0.05, 0) is 13.0 Å². The number of aryl methyl sites for hydroxylation is 1. The van der Waals surface area contributed by atoms with Crippen molar-refractivity contribution in [2.75, 3.05) is 6.54 Å². The van der Waals surface area contributed by atoms with Gasteiger partial charge in [-0.15, -0.1) is 6.42 Å². The Morgan fingerprint density at radius 2 is 2.44 bits per heavy atom. The van der Waals surface area contributed by atoms with Gasteiger partial charge in [0.1, 0.15) is 5.76 Å². The van der Waals surface area contributed by atoms with E-state index in [1.54, 1.807) is 12.3 Å². The van der Waals surface area contributed by atoms with Gasteiger partial charge in [0.05, 0.1) is 24.9 Å². The highest BCUT2D eigenvalue weighted by molar-refractivity contribution is 5.55. The molecule has 2 aromatic rings. The first-order valence-corrected chi connectivity index (χ1v) is 4.82. The van der Waals surface area contributed by atoms with Crippen LogP contribution >= 0.6 is 0 Å². The van der Waals surface area contributed by atoms with E-state index in [9.17, 15) is 0 Å². The topological polar surface area (TPSA) is 64.1 Å². The van der Waals surface area contributed by atoms with Crippen LogP contribution in [-0.2, 0) is 6.54 Å². The predicted molar refractivity (Wildman–Crippen MR) is 57.3 cm³/mol. The van der Waals surface area contributed by atoms with Crippen molar-refractivity contribution in [3.63, 3.8) is 0 Å². The molecule has 0 saturated carbocycles. The SMILES string of the molecule is C#CCNCc1nc(-c2ccoc2C)no1. The van der Waals surface area contributed by atoms with Gasteiger partial charge in [0, 0.05) is 0 Å². The van der Waals surface area contributed by atoms with Crippen molar-refractivity contribution < 1.29 is 8.94 Å². The van der Waals surface area contributed by atoms with Gasteiger partial charge in [0.2, 0.25) is 11.7 Å². The summed E-state index contributed by atoms with van der Waals surface area (Å²) < 4.78 is 10.2. The van der Waals surface area contributed by atoms with E-state index in [4.69, 9.17) is 15.4 Å². The number of rotatable bonds is 4. The molecule has 0 saturated heterocycles. The average Bonchev–Trinajstić information content (AvgIpc) is 2.87. The molecule has 0 radical (unpaired) electrons. The molecule has 0 bridgehead atoms. The lowest BCUT2D eigenvalue weighted by atomic mass is 10.2. The van der Waals surface area contributed by atoms with Crippen molar-refractivity contribution >= 4 is 0 Å². The number of furan rings is 1. The summed E-state index contributed by atoms with van der Waals surface area (Å²) in [5.41, 5.74) is 0.840. The zero-order valence-corrected chi connectivity index (χ0v) is 8.86. The molecular weight excluding hydrogens is 206 g/mol. The molecule has 1 N–H and O–H groups in total. The van der Waals surface area contributed by atoms with Crippen LogP contribution in [0, 0.1) is 19.3 Å². The third-order valence-electron chi connectivity index (χ3n) is 2.07. The molecule has 0 unspecified atom stereocenters. The molecule has 5 heteroatoms. The van der Waals surface area contributed by atoms with Gasteiger partial charge in [-0.2, -0.15) is 4.98 Å². The van der Waals surface area contributed by atoms with E-state index in [2.05, 4.69) is 21.4 Å². The van der Waals surface area contributed by atoms with Crippen LogP contribution in [0.5, 0.6) is 0 Å². The molecule has 0 spiro atoms. The van der Waals surface area contributed by atoms with Gasteiger partial charge in [-0.3, -0.25) is 5.32 Å². The minimum Gasteiger partial charge on any atom is -0.469 e. The summed E-state index contributed by atoms with van der Waals surface area (Å²) in [4.78, 5) is 4.22. The first-order valence-electron chi connectivity index (χ1n) is 4.82. The Kier molecular flexibility index (Phi) is 3.03. The standard InChI is InChI=1S/C11H11N3O2/c1-3-5-12-7-10-13-11(14-16-10)9-4-6-15-8(9)2/h1,4,6,12H,5,7H2,2H3. The Balaban J connectivity index is 2.09. The number of hydrogen-bond donors (Lipinski definition) is 1. The third kappa shape index (κ3) is 2.12. The van der Waals surface area contributed by atoms with Crippen LogP contribution in [0.2, 0.25) is 0 Å². The molecule has 16 heavy (non-hydrogen) atoms. The average molecular weight is 217 g/mol. The Hall–Kier alpha value is -2.06. The van der Waals surface area contributed by atoms with Crippen LogP contribution in [-0.4, -0.2) is 16.7 Å². The van der Waals surface area contributed by atoms with Gasteiger partial charge >= 0.3 is 0 Å². The first kappa shape index (κ1) is 10.5. The summed E-state index contributed by atoms with van der Waals surface area (Å²) >= 11 is 0. The fourth-order valence-electron chi connectivity index (χ4n) is 1.29. The van der Waals surface area contributed by atoms with E-state index in [0.717, 1.165) is 11.3 Å². The quantitative estimate of drug-likeness (QED) is 0.618. The van der Waals surface area contributed by atoms with Crippen molar-refractivity contribution in [1.82, 2.24) is 15.5 Å². The Morgan fingerprint density at radius 1 is 1.56 bits per heavy atom. The molecule has 2 aromatic heterocycles. The number of hydrogen-bond acceptors (Lipinski definition) is 5. The third-order valence-corrected chi connectivity index (χ3v) is 2.07. The number of nitrogens with zero attached hydrogens (tertiary/aromatic N) is 2.